The van der Waals surface area contributed by atoms with Gasteiger partial charge in [-0.25, -0.2) is 0 Å². The summed E-state index contributed by atoms with van der Waals surface area (Å²) in [5, 5.41) is 6.99. The summed E-state index contributed by atoms with van der Waals surface area (Å²) in [6.45, 7) is 10.2. The van der Waals surface area contributed by atoms with Crippen LogP contribution in [0.25, 0.3) is 11.4 Å². The predicted molar refractivity (Wildman–Crippen MR) is 113 cm³/mol. The molecule has 0 spiro atoms. The largest absolute Gasteiger partial charge is 0.484 e. The smallest absolute Gasteiger partial charge is 0.258 e. The van der Waals surface area contributed by atoms with Crippen LogP contribution >= 0.6 is 0 Å². The van der Waals surface area contributed by atoms with E-state index >= 15 is 0 Å². The zero-order valence-corrected chi connectivity index (χ0v) is 18.1. The van der Waals surface area contributed by atoms with Crippen LogP contribution in [0.4, 0.5) is 0 Å². The molecule has 1 aliphatic rings. The third-order valence-electron chi connectivity index (χ3n) is 5.28. The van der Waals surface area contributed by atoms with Gasteiger partial charge in [-0.05, 0) is 44.5 Å². The molecule has 1 fully saturated rings. The molecule has 1 saturated heterocycles. The molecule has 0 unspecified atom stereocenters. The van der Waals surface area contributed by atoms with Gasteiger partial charge in [0.2, 0.25) is 11.7 Å². The highest BCUT2D eigenvalue weighted by molar-refractivity contribution is 5.77. The Kier molecular flexibility index (Phi) is 7.81. The molecule has 2 heterocycles. The van der Waals surface area contributed by atoms with E-state index in [0.29, 0.717) is 24.0 Å². The molecule has 2 aromatic rings. The van der Waals surface area contributed by atoms with Crippen LogP contribution in [-0.4, -0.2) is 65.9 Å². The van der Waals surface area contributed by atoms with Gasteiger partial charge in [0.1, 0.15) is 5.75 Å². The van der Waals surface area contributed by atoms with E-state index in [-0.39, 0.29) is 18.1 Å². The molecule has 0 atom stereocenters. The molecule has 1 aromatic carbocycles. The lowest BCUT2D eigenvalue weighted by Gasteiger charge is -2.40. The maximum atomic E-state index is 12.2. The number of hydrogen-bond donors (Lipinski definition) is 1. The summed E-state index contributed by atoms with van der Waals surface area (Å²) in [6.07, 6.45) is 2.91. The lowest BCUT2D eigenvalue weighted by Crippen LogP contribution is -2.55. The molecular weight excluding hydrogens is 384 g/mol. The summed E-state index contributed by atoms with van der Waals surface area (Å²) in [4.78, 5) is 19.0. The Balaban J connectivity index is 1.44. The molecule has 8 nitrogen and oxygen atoms in total. The Bertz CT molecular complexity index is 798. The summed E-state index contributed by atoms with van der Waals surface area (Å²) >= 11 is 0. The lowest BCUT2D eigenvalue weighted by atomic mass is 10.0. The van der Waals surface area contributed by atoms with Crippen LogP contribution in [0.5, 0.6) is 5.75 Å². The number of rotatable bonds is 10. The average Bonchev–Trinajstić information content (AvgIpc) is 3.25. The number of unbranched alkanes of at least 4 members (excludes halogenated alkanes) is 1. The first kappa shape index (κ1) is 22.2. The van der Waals surface area contributed by atoms with Gasteiger partial charge in [-0.15, -0.1) is 0 Å². The number of carbonyl (C=O) groups excluding carboxylic acids is 1. The molecule has 0 radical (unpaired) electrons. The number of amides is 1. The van der Waals surface area contributed by atoms with Crippen molar-refractivity contribution >= 4 is 5.91 Å². The van der Waals surface area contributed by atoms with Crippen LogP contribution in [0.1, 0.15) is 39.5 Å². The van der Waals surface area contributed by atoms with Crippen molar-refractivity contribution in [1.29, 1.82) is 0 Å². The zero-order valence-electron chi connectivity index (χ0n) is 18.1. The van der Waals surface area contributed by atoms with Crippen molar-refractivity contribution in [3.05, 3.63) is 30.2 Å². The zero-order chi connectivity index (χ0) is 21.4. The topological polar surface area (TPSA) is 89.7 Å². The molecule has 30 heavy (non-hydrogen) atoms. The average molecular weight is 417 g/mol. The molecule has 3 rings (SSSR count). The van der Waals surface area contributed by atoms with Gasteiger partial charge < -0.3 is 19.3 Å². The molecule has 8 heteroatoms. The molecule has 0 aliphatic carbocycles. The second-order valence-electron chi connectivity index (χ2n) is 8.12. The Morgan fingerprint density at radius 1 is 1.23 bits per heavy atom. The Hall–Kier alpha value is -2.45. The number of hydrogen-bond acceptors (Lipinski definition) is 7. The van der Waals surface area contributed by atoms with E-state index in [1.165, 1.54) is 0 Å². The molecule has 1 amide bonds. The summed E-state index contributed by atoms with van der Waals surface area (Å²) < 4.78 is 16.3. The van der Waals surface area contributed by atoms with E-state index in [9.17, 15) is 4.79 Å². The van der Waals surface area contributed by atoms with Gasteiger partial charge in [0.05, 0.1) is 13.2 Å². The first-order chi connectivity index (χ1) is 14.5. The predicted octanol–water partition coefficient (Wildman–Crippen LogP) is 2.69. The number of ether oxygens (including phenoxy) is 2. The minimum atomic E-state index is -0.140. The van der Waals surface area contributed by atoms with Gasteiger partial charge >= 0.3 is 0 Å². The molecule has 1 aliphatic heterocycles. The molecule has 1 N–H and O–H groups in total. The summed E-state index contributed by atoms with van der Waals surface area (Å²) in [5.41, 5.74) is 0.729. The standard InChI is InChI=1S/C22H32N4O4/c1-4-5-6-20-24-21(25-30-20)17-7-9-18(10-8-17)29-15-19(27)23-16-22(2,3)26-11-13-28-14-12-26/h7-10H,4-6,11-16H2,1-3H3,(H,23,27). The van der Waals surface area contributed by atoms with E-state index < -0.39 is 0 Å². The first-order valence-corrected chi connectivity index (χ1v) is 10.6. The number of nitrogens with zero attached hydrogens (tertiary/aromatic N) is 3. The number of carbonyl (C=O) groups is 1. The van der Waals surface area contributed by atoms with E-state index in [0.717, 1.165) is 51.1 Å². The molecular formula is C22H32N4O4. The van der Waals surface area contributed by atoms with Crippen LogP contribution in [0.15, 0.2) is 28.8 Å². The Labute approximate surface area is 177 Å². The molecule has 0 saturated carbocycles. The monoisotopic (exact) mass is 416 g/mol. The highest BCUT2D eigenvalue weighted by Gasteiger charge is 2.28. The van der Waals surface area contributed by atoms with Crippen molar-refractivity contribution in [3.8, 4) is 17.1 Å². The summed E-state index contributed by atoms with van der Waals surface area (Å²) in [6, 6.07) is 7.34. The van der Waals surface area contributed by atoms with Gasteiger partial charge in [-0.1, -0.05) is 18.5 Å². The third kappa shape index (κ3) is 6.27. The van der Waals surface area contributed by atoms with Crippen molar-refractivity contribution in [1.82, 2.24) is 20.4 Å². The van der Waals surface area contributed by atoms with Crippen LogP contribution in [0, 0.1) is 0 Å². The maximum Gasteiger partial charge on any atom is 0.258 e. The third-order valence-corrected chi connectivity index (χ3v) is 5.28. The van der Waals surface area contributed by atoms with Crippen LogP contribution in [0.2, 0.25) is 0 Å². The lowest BCUT2D eigenvalue weighted by molar-refractivity contribution is -0.123. The van der Waals surface area contributed by atoms with Crippen molar-refractivity contribution in [2.45, 2.75) is 45.6 Å². The van der Waals surface area contributed by atoms with Gasteiger partial charge in [-0.2, -0.15) is 4.98 Å². The van der Waals surface area contributed by atoms with Crippen LogP contribution in [0.3, 0.4) is 0 Å². The molecule has 0 bridgehead atoms. The van der Waals surface area contributed by atoms with Crippen molar-refractivity contribution in [2.24, 2.45) is 0 Å². The number of aryl methyl sites for hydroxylation is 1. The van der Waals surface area contributed by atoms with E-state index in [1.807, 2.05) is 24.3 Å². The van der Waals surface area contributed by atoms with Crippen molar-refractivity contribution in [3.63, 3.8) is 0 Å². The first-order valence-electron chi connectivity index (χ1n) is 10.6. The number of morpholine rings is 1. The van der Waals surface area contributed by atoms with E-state index in [1.54, 1.807) is 0 Å². The van der Waals surface area contributed by atoms with Crippen molar-refractivity contribution in [2.75, 3.05) is 39.5 Å². The normalized spacial score (nSPS) is 15.2. The van der Waals surface area contributed by atoms with E-state index in [4.69, 9.17) is 14.0 Å². The number of nitrogens with one attached hydrogen (secondary N) is 1. The summed E-state index contributed by atoms with van der Waals surface area (Å²) in [7, 11) is 0. The van der Waals surface area contributed by atoms with Crippen LogP contribution in [-0.2, 0) is 16.0 Å². The number of benzene rings is 1. The summed E-state index contributed by atoms with van der Waals surface area (Å²) in [5.74, 6) is 1.70. The SMILES string of the molecule is CCCCc1nc(-c2ccc(OCC(=O)NCC(C)(C)N3CCOCC3)cc2)no1. The van der Waals surface area contributed by atoms with E-state index in [2.05, 4.69) is 41.1 Å². The quantitative estimate of drug-likeness (QED) is 0.637. The van der Waals surface area contributed by atoms with Gasteiger partial charge in [-0.3, -0.25) is 9.69 Å². The van der Waals surface area contributed by atoms with Gasteiger partial charge in [0.15, 0.2) is 6.61 Å². The van der Waals surface area contributed by atoms with Gasteiger partial charge in [0, 0.05) is 37.2 Å². The fraction of sp³-hybridized carbons (Fsp3) is 0.591. The fourth-order valence-corrected chi connectivity index (χ4v) is 3.30. The van der Waals surface area contributed by atoms with Crippen LogP contribution < -0.4 is 10.1 Å². The van der Waals surface area contributed by atoms with Crippen molar-refractivity contribution < 1.29 is 18.8 Å². The molecule has 1 aromatic heterocycles. The molecule has 164 valence electrons. The second kappa shape index (κ2) is 10.5. The highest BCUT2D eigenvalue weighted by atomic mass is 16.5. The Morgan fingerprint density at radius 2 is 1.97 bits per heavy atom. The minimum Gasteiger partial charge on any atom is -0.484 e. The van der Waals surface area contributed by atoms with Gasteiger partial charge in [0.25, 0.3) is 5.91 Å². The second-order valence-corrected chi connectivity index (χ2v) is 8.12. The highest BCUT2D eigenvalue weighted by Crippen LogP contribution is 2.20. The maximum absolute atomic E-state index is 12.2. The fourth-order valence-electron chi connectivity index (χ4n) is 3.30. The minimum absolute atomic E-state index is 0.0259. The Morgan fingerprint density at radius 3 is 2.67 bits per heavy atom. The number of aromatic nitrogens is 2.